The molecule has 1 unspecified atom stereocenters. The summed E-state index contributed by atoms with van der Waals surface area (Å²) < 4.78 is 9.74. The predicted octanol–water partition coefficient (Wildman–Crippen LogP) is 1.01. The van der Waals surface area contributed by atoms with Crippen molar-refractivity contribution in [3.05, 3.63) is 0 Å². The van der Waals surface area contributed by atoms with Gasteiger partial charge in [-0.15, -0.1) is 12.4 Å². The van der Waals surface area contributed by atoms with E-state index in [-0.39, 0.29) is 30.9 Å². The van der Waals surface area contributed by atoms with Gasteiger partial charge in [-0.2, -0.15) is 0 Å². The van der Waals surface area contributed by atoms with Gasteiger partial charge in [0.25, 0.3) is 0 Å². The van der Waals surface area contributed by atoms with E-state index in [4.69, 9.17) is 15.2 Å². The molecule has 1 aliphatic carbocycles. The number of hydrogen-bond donors (Lipinski definition) is 2. The average molecular weight is 323 g/mol. The minimum atomic E-state index is -0.928. The summed E-state index contributed by atoms with van der Waals surface area (Å²) in [6, 6.07) is -0.773. The fraction of sp³-hybridized carbons (Fsp3) is 0.857. The number of amides is 1. The standard InChI is InChI=1S/C14H26N2O4.ClH/c1-4-10-5-7-14(8-6-10,13(18)20-3)16-12(17)11(15)9-19-2;/h10-11H,4-9,15H2,1-3H3,(H,16,17);1H. The summed E-state index contributed by atoms with van der Waals surface area (Å²) in [6.45, 7) is 2.27. The smallest absolute Gasteiger partial charge is 0.331 e. The van der Waals surface area contributed by atoms with Gasteiger partial charge in [0, 0.05) is 7.11 Å². The quantitative estimate of drug-likeness (QED) is 0.712. The van der Waals surface area contributed by atoms with Crippen LogP contribution >= 0.6 is 12.4 Å². The molecule has 1 amide bonds. The van der Waals surface area contributed by atoms with Gasteiger partial charge in [0.05, 0.1) is 13.7 Å². The van der Waals surface area contributed by atoms with E-state index in [0.29, 0.717) is 18.8 Å². The van der Waals surface area contributed by atoms with Crippen LogP contribution in [0.5, 0.6) is 0 Å². The zero-order chi connectivity index (χ0) is 15.2. The minimum absolute atomic E-state index is 0. The van der Waals surface area contributed by atoms with Crippen molar-refractivity contribution in [3.8, 4) is 0 Å². The molecule has 124 valence electrons. The molecule has 0 spiro atoms. The number of methoxy groups -OCH3 is 2. The number of ether oxygens (including phenoxy) is 2. The van der Waals surface area contributed by atoms with E-state index in [0.717, 1.165) is 19.3 Å². The largest absolute Gasteiger partial charge is 0.467 e. The lowest BCUT2D eigenvalue weighted by atomic mass is 9.75. The maximum atomic E-state index is 12.1. The number of nitrogens with two attached hydrogens (primary N) is 1. The number of carbonyl (C=O) groups excluding carboxylic acids is 2. The van der Waals surface area contributed by atoms with Crippen LogP contribution in [0.3, 0.4) is 0 Å². The lowest BCUT2D eigenvalue weighted by molar-refractivity contribution is -0.153. The molecule has 7 heteroatoms. The molecule has 1 rings (SSSR count). The molecule has 0 saturated heterocycles. The van der Waals surface area contributed by atoms with Crippen LogP contribution in [0.1, 0.15) is 39.0 Å². The van der Waals surface area contributed by atoms with Crippen LogP contribution in [0, 0.1) is 5.92 Å². The number of halogens is 1. The van der Waals surface area contributed by atoms with E-state index in [1.165, 1.54) is 14.2 Å². The van der Waals surface area contributed by atoms with E-state index in [2.05, 4.69) is 12.2 Å². The van der Waals surface area contributed by atoms with Gasteiger partial charge in [0.15, 0.2) is 0 Å². The molecule has 6 nitrogen and oxygen atoms in total. The highest BCUT2D eigenvalue weighted by atomic mass is 35.5. The SMILES string of the molecule is CCC1CCC(NC(=O)C(N)COC)(C(=O)OC)CC1.Cl. The molecule has 0 bridgehead atoms. The first kappa shape index (κ1) is 20.1. The number of esters is 1. The molecule has 0 aliphatic heterocycles. The maximum Gasteiger partial charge on any atom is 0.331 e. The highest BCUT2D eigenvalue weighted by molar-refractivity contribution is 5.90. The molecule has 0 aromatic heterocycles. The monoisotopic (exact) mass is 322 g/mol. The first-order chi connectivity index (χ1) is 9.49. The summed E-state index contributed by atoms with van der Waals surface area (Å²) >= 11 is 0. The molecular weight excluding hydrogens is 296 g/mol. The Morgan fingerprint density at radius 3 is 2.33 bits per heavy atom. The second-order valence-electron chi connectivity index (χ2n) is 5.48. The summed E-state index contributed by atoms with van der Waals surface area (Å²) in [5, 5.41) is 2.79. The van der Waals surface area contributed by atoms with Gasteiger partial charge < -0.3 is 20.5 Å². The van der Waals surface area contributed by atoms with Crippen LogP contribution < -0.4 is 11.1 Å². The molecular formula is C14H27ClN2O4. The Balaban J connectivity index is 0.00000400. The zero-order valence-corrected chi connectivity index (χ0v) is 13.8. The van der Waals surface area contributed by atoms with Crippen LogP contribution in [-0.4, -0.2) is 44.3 Å². The van der Waals surface area contributed by atoms with Gasteiger partial charge in [-0.25, -0.2) is 4.79 Å². The highest BCUT2D eigenvalue weighted by Gasteiger charge is 2.44. The highest BCUT2D eigenvalue weighted by Crippen LogP contribution is 2.34. The molecule has 1 aliphatic rings. The summed E-state index contributed by atoms with van der Waals surface area (Å²) in [5.74, 6) is -0.144. The van der Waals surface area contributed by atoms with Gasteiger partial charge >= 0.3 is 5.97 Å². The van der Waals surface area contributed by atoms with E-state index < -0.39 is 11.6 Å². The van der Waals surface area contributed by atoms with Crippen molar-refractivity contribution in [3.63, 3.8) is 0 Å². The first-order valence-electron chi connectivity index (χ1n) is 7.14. The van der Waals surface area contributed by atoms with E-state index >= 15 is 0 Å². The first-order valence-corrected chi connectivity index (χ1v) is 7.14. The van der Waals surface area contributed by atoms with Crippen molar-refractivity contribution >= 4 is 24.3 Å². The van der Waals surface area contributed by atoms with Gasteiger partial charge in [0.2, 0.25) is 5.91 Å². The van der Waals surface area contributed by atoms with Crippen molar-refractivity contribution in [2.75, 3.05) is 20.8 Å². The van der Waals surface area contributed by atoms with Crippen LogP contribution in [0.2, 0.25) is 0 Å². The normalized spacial score (nSPS) is 26.4. The van der Waals surface area contributed by atoms with Gasteiger partial charge in [-0.1, -0.05) is 13.3 Å². The lowest BCUT2D eigenvalue weighted by Crippen LogP contribution is -2.60. The van der Waals surface area contributed by atoms with Crippen molar-refractivity contribution in [1.82, 2.24) is 5.32 Å². The van der Waals surface area contributed by atoms with E-state index in [1.807, 2.05) is 0 Å². The van der Waals surface area contributed by atoms with Gasteiger partial charge in [-0.3, -0.25) is 4.79 Å². The second-order valence-corrected chi connectivity index (χ2v) is 5.48. The van der Waals surface area contributed by atoms with Crippen molar-refractivity contribution in [2.24, 2.45) is 11.7 Å². The van der Waals surface area contributed by atoms with Crippen molar-refractivity contribution in [2.45, 2.75) is 50.6 Å². The summed E-state index contributed by atoms with van der Waals surface area (Å²) in [5.41, 5.74) is 4.78. The lowest BCUT2D eigenvalue weighted by Gasteiger charge is -2.38. The van der Waals surface area contributed by atoms with Crippen molar-refractivity contribution < 1.29 is 19.1 Å². The summed E-state index contributed by atoms with van der Waals surface area (Å²) in [6.07, 6.45) is 4.11. The molecule has 0 aromatic carbocycles. The predicted molar refractivity (Wildman–Crippen MR) is 82.2 cm³/mol. The Hall–Kier alpha value is -0.850. The minimum Gasteiger partial charge on any atom is -0.467 e. The Morgan fingerprint density at radius 2 is 1.90 bits per heavy atom. The fourth-order valence-corrected chi connectivity index (χ4v) is 2.74. The fourth-order valence-electron chi connectivity index (χ4n) is 2.74. The topological polar surface area (TPSA) is 90.7 Å². The van der Waals surface area contributed by atoms with E-state index in [9.17, 15) is 9.59 Å². The Morgan fingerprint density at radius 1 is 1.33 bits per heavy atom. The second kappa shape index (κ2) is 9.23. The van der Waals surface area contributed by atoms with Crippen LogP contribution in [0.25, 0.3) is 0 Å². The third-order valence-corrected chi connectivity index (χ3v) is 4.16. The molecule has 3 N–H and O–H groups in total. The van der Waals surface area contributed by atoms with Crippen molar-refractivity contribution in [1.29, 1.82) is 0 Å². The van der Waals surface area contributed by atoms with Crippen LogP contribution in [0.4, 0.5) is 0 Å². The van der Waals surface area contributed by atoms with Crippen LogP contribution in [0.15, 0.2) is 0 Å². The van der Waals surface area contributed by atoms with E-state index in [1.54, 1.807) is 0 Å². The molecule has 0 radical (unpaired) electrons. The molecule has 0 heterocycles. The molecule has 1 saturated carbocycles. The Bertz CT molecular complexity index is 344. The van der Waals surface area contributed by atoms with Gasteiger partial charge in [0.1, 0.15) is 11.6 Å². The third-order valence-electron chi connectivity index (χ3n) is 4.16. The number of carbonyl (C=O) groups is 2. The van der Waals surface area contributed by atoms with Crippen LogP contribution in [-0.2, 0) is 19.1 Å². The molecule has 0 aromatic rings. The third kappa shape index (κ3) is 5.13. The molecule has 21 heavy (non-hydrogen) atoms. The van der Waals surface area contributed by atoms with Gasteiger partial charge in [-0.05, 0) is 31.6 Å². The maximum absolute atomic E-state index is 12.1. The Labute approximate surface area is 132 Å². The average Bonchev–Trinajstić information content (AvgIpc) is 2.47. The number of nitrogens with one attached hydrogen (secondary N) is 1. The molecule has 1 fully saturated rings. The summed E-state index contributed by atoms with van der Waals surface area (Å²) in [7, 11) is 2.83. The molecule has 1 atom stereocenters. The number of rotatable bonds is 6. The Kier molecular flexibility index (Phi) is 8.85. The zero-order valence-electron chi connectivity index (χ0n) is 13.0. The number of hydrogen-bond acceptors (Lipinski definition) is 5. The summed E-state index contributed by atoms with van der Waals surface area (Å²) in [4.78, 5) is 24.1.